The first-order chi connectivity index (χ1) is 17.8. The molecule has 6 aromatic rings. The SMILES string of the molecule is Oc1ccc(-c2c(-c3ccccc3)ccc3c2Cc2cc(-c4ccccc4)ccc2-3)c2ccccc12. The number of aromatic hydroxyl groups is 1. The molecule has 1 nitrogen and oxygen atoms in total. The normalized spacial score (nSPS) is 11.9. The van der Waals surface area contributed by atoms with Crippen molar-refractivity contribution in [3.8, 4) is 50.3 Å². The highest BCUT2D eigenvalue weighted by Gasteiger charge is 2.26. The average Bonchev–Trinajstić information content (AvgIpc) is 3.32. The first kappa shape index (κ1) is 20.7. The Morgan fingerprint density at radius 1 is 0.444 bits per heavy atom. The van der Waals surface area contributed by atoms with Crippen LogP contribution in [0.5, 0.6) is 5.75 Å². The van der Waals surface area contributed by atoms with Crippen LogP contribution in [0.4, 0.5) is 0 Å². The molecule has 0 saturated heterocycles. The first-order valence-electron chi connectivity index (χ1n) is 12.4. The van der Waals surface area contributed by atoms with Gasteiger partial charge in [0.15, 0.2) is 0 Å². The molecule has 0 bridgehead atoms. The molecule has 0 radical (unpaired) electrons. The minimum Gasteiger partial charge on any atom is -0.507 e. The van der Waals surface area contributed by atoms with Gasteiger partial charge in [-0.2, -0.15) is 0 Å². The number of rotatable bonds is 3. The lowest BCUT2D eigenvalue weighted by molar-refractivity contribution is 0.481. The predicted molar refractivity (Wildman–Crippen MR) is 150 cm³/mol. The smallest absolute Gasteiger partial charge is 0.123 e. The van der Waals surface area contributed by atoms with Gasteiger partial charge >= 0.3 is 0 Å². The maximum atomic E-state index is 10.6. The van der Waals surface area contributed by atoms with Crippen LogP contribution in [0.1, 0.15) is 11.1 Å². The number of hydrogen-bond acceptors (Lipinski definition) is 1. The molecule has 0 aliphatic heterocycles. The first-order valence-corrected chi connectivity index (χ1v) is 12.4. The van der Waals surface area contributed by atoms with Crippen molar-refractivity contribution in [2.45, 2.75) is 6.42 Å². The molecule has 36 heavy (non-hydrogen) atoms. The zero-order valence-corrected chi connectivity index (χ0v) is 19.8. The number of phenolic OH excluding ortho intramolecular Hbond substituents is 1. The van der Waals surface area contributed by atoms with E-state index in [4.69, 9.17) is 0 Å². The summed E-state index contributed by atoms with van der Waals surface area (Å²) < 4.78 is 0. The molecule has 1 aliphatic rings. The average molecular weight is 461 g/mol. The van der Waals surface area contributed by atoms with Crippen molar-refractivity contribution in [2.24, 2.45) is 0 Å². The highest BCUT2D eigenvalue weighted by Crippen LogP contribution is 2.48. The number of hydrogen-bond donors (Lipinski definition) is 1. The van der Waals surface area contributed by atoms with Crippen LogP contribution >= 0.6 is 0 Å². The topological polar surface area (TPSA) is 20.2 Å². The lowest BCUT2D eigenvalue weighted by Gasteiger charge is -2.18. The summed E-state index contributed by atoms with van der Waals surface area (Å²) in [6, 6.07) is 44.7. The number of phenols is 1. The van der Waals surface area contributed by atoms with Gasteiger partial charge in [0.25, 0.3) is 0 Å². The molecular weight excluding hydrogens is 436 g/mol. The third-order valence-corrected chi connectivity index (χ3v) is 7.44. The van der Waals surface area contributed by atoms with Crippen LogP contribution in [0, 0.1) is 0 Å². The second-order valence-corrected chi connectivity index (χ2v) is 9.47. The highest BCUT2D eigenvalue weighted by molar-refractivity contribution is 6.05. The van der Waals surface area contributed by atoms with Crippen molar-refractivity contribution in [3.63, 3.8) is 0 Å². The zero-order chi connectivity index (χ0) is 24.1. The van der Waals surface area contributed by atoms with Crippen LogP contribution < -0.4 is 0 Å². The van der Waals surface area contributed by atoms with E-state index in [0.717, 1.165) is 22.8 Å². The van der Waals surface area contributed by atoms with Gasteiger partial charge in [-0.25, -0.2) is 0 Å². The molecule has 0 aromatic heterocycles. The molecule has 0 amide bonds. The summed E-state index contributed by atoms with van der Waals surface area (Å²) in [6.45, 7) is 0. The summed E-state index contributed by atoms with van der Waals surface area (Å²) in [5, 5.41) is 12.6. The summed E-state index contributed by atoms with van der Waals surface area (Å²) in [7, 11) is 0. The second-order valence-electron chi connectivity index (χ2n) is 9.47. The Balaban J connectivity index is 1.48. The van der Waals surface area contributed by atoms with Gasteiger partial charge in [-0.05, 0) is 73.5 Å². The fourth-order valence-electron chi connectivity index (χ4n) is 5.75. The van der Waals surface area contributed by atoms with Crippen LogP contribution in [-0.2, 0) is 6.42 Å². The molecular formula is C35H24O. The van der Waals surface area contributed by atoms with Crippen molar-refractivity contribution in [1.29, 1.82) is 0 Å². The van der Waals surface area contributed by atoms with E-state index in [9.17, 15) is 5.11 Å². The van der Waals surface area contributed by atoms with E-state index < -0.39 is 0 Å². The lowest BCUT2D eigenvalue weighted by Crippen LogP contribution is -1.94. The molecule has 170 valence electrons. The summed E-state index contributed by atoms with van der Waals surface area (Å²) in [5.74, 6) is 0.318. The summed E-state index contributed by atoms with van der Waals surface area (Å²) in [6.07, 6.45) is 0.885. The van der Waals surface area contributed by atoms with Gasteiger partial charge in [0, 0.05) is 5.39 Å². The van der Waals surface area contributed by atoms with E-state index in [1.807, 2.05) is 18.2 Å². The molecule has 0 fully saturated rings. The maximum absolute atomic E-state index is 10.6. The molecule has 1 aliphatic carbocycles. The Labute approximate surface area is 210 Å². The van der Waals surface area contributed by atoms with Crippen molar-refractivity contribution in [2.75, 3.05) is 0 Å². The highest BCUT2D eigenvalue weighted by atomic mass is 16.3. The Morgan fingerprint density at radius 3 is 1.83 bits per heavy atom. The second kappa shape index (κ2) is 8.25. The third-order valence-electron chi connectivity index (χ3n) is 7.44. The van der Waals surface area contributed by atoms with E-state index in [1.165, 1.54) is 50.1 Å². The van der Waals surface area contributed by atoms with E-state index in [0.29, 0.717) is 5.75 Å². The zero-order valence-electron chi connectivity index (χ0n) is 19.8. The van der Waals surface area contributed by atoms with Crippen LogP contribution in [0.3, 0.4) is 0 Å². The van der Waals surface area contributed by atoms with Crippen molar-refractivity contribution in [1.82, 2.24) is 0 Å². The van der Waals surface area contributed by atoms with E-state index >= 15 is 0 Å². The van der Waals surface area contributed by atoms with Crippen LogP contribution in [0.15, 0.2) is 127 Å². The number of benzene rings is 6. The third kappa shape index (κ3) is 3.25. The van der Waals surface area contributed by atoms with Gasteiger partial charge in [-0.1, -0.05) is 121 Å². The fraction of sp³-hybridized carbons (Fsp3) is 0.0286. The number of fused-ring (bicyclic) bond motifs is 4. The standard InChI is InChI=1S/C35H24O/c36-34-20-19-32(29-13-7-8-14-31(29)34)35-28(24-11-5-2-6-12-24)17-18-30-27-16-15-25(21-26(27)22-33(30)35)23-9-3-1-4-10-23/h1-21,36H,22H2. The fourth-order valence-corrected chi connectivity index (χ4v) is 5.75. The Bertz CT molecular complexity index is 1750. The summed E-state index contributed by atoms with van der Waals surface area (Å²) in [5.41, 5.74) is 12.7. The largest absolute Gasteiger partial charge is 0.507 e. The molecule has 1 heteroatoms. The predicted octanol–water partition coefficient (Wildman–Crippen LogP) is 9.12. The molecule has 0 spiro atoms. The molecule has 0 unspecified atom stereocenters. The van der Waals surface area contributed by atoms with Crippen molar-refractivity contribution >= 4 is 10.8 Å². The Kier molecular flexibility index (Phi) is 4.75. The minimum absolute atomic E-state index is 0.318. The monoisotopic (exact) mass is 460 g/mol. The quantitative estimate of drug-likeness (QED) is 0.279. The van der Waals surface area contributed by atoms with Crippen molar-refractivity contribution < 1.29 is 5.11 Å². The van der Waals surface area contributed by atoms with E-state index in [1.54, 1.807) is 0 Å². The van der Waals surface area contributed by atoms with Crippen LogP contribution in [-0.4, -0.2) is 5.11 Å². The summed E-state index contributed by atoms with van der Waals surface area (Å²) >= 11 is 0. The molecule has 7 rings (SSSR count). The summed E-state index contributed by atoms with van der Waals surface area (Å²) in [4.78, 5) is 0. The van der Waals surface area contributed by atoms with Crippen LogP contribution in [0.2, 0.25) is 0 Å². The molecule has 1 N–H and O–H groups in total. The van der Waals surface area contributed by atoms with Crippen molar-refractivity contribution in [3.05, 3.63) is 139 Å². The minimum atomic E-state index is 0.318. The molecule has 6 aromatic carbocycles. The molecule has 0 saturated carbocycles. The van der Waals surface area contributed by atoms with Gasteiger partial charge in [-0.3, -0.25) is 0 Å². The van der Waals surface area contributed by atoms with Gasteiger partial charge < -0.3 is 5.11 Å². The Morgan fingerprint density at radius 2 is 1.06 bits per heavy atom. The van der Waals surface area contributed by atoms with Gasteiger partial charge in [0.05, 0.1) is 0 Å². The Hall–Kier alpha value is -4.62. The van der Waals surface area contributed by atoms with Gasteiger partial charge in [-0.15, -0.1) is 0 Å². The molecule has 0 heterocycles. The maximum Gasteiger partial charge on any atom is 0.123 e. The van der Waals surface area contributed by atoms with E-state index in [-0.39, 0.29) is 0 Å². The van der Waals surface area contributed by atoms with Crippen LogP contribution in [0.25, 0.3) is 55.3 Å². The van der Waals surface area contributed by atoms with E-state index in [2.05, 4.69) is 109 Å². The lowest BCUT2D eigenvalue weighted by atomic mass is 9.86. The van der Waals surface area contributed by atoms with Gasteiger partial charge in [0.2, 0.25) is 0 Å². The molecule has 0 atom stereocenters. The van der Waals surface area contributed by atoms with Gasteiger partial charge in [0.1, 0.15) is 5.75 Å².